The highest BCUT2D eigenvalue weighted by molar-refractivity contribution is 5.69. The first-order valence-corrected chi connectivity index (χ1v) is 16.3. The summed E-state index contributed by atoms with van der Waals surface area (Å²) in [5, 5.41) is 8.87. The summed E-state index contributed by atoms with van der Waals surface area (Å²) in [5.41, 5.74) is 0. The molecule has 0 aromatic heterocycles. The first-order valence-electron chi connectivity index (χ1n) is 16.3. The van der Waals surface area contributed by atoms with Crippen LogP contribution in [0.4, 0.5) is 0 Å². The molecule has 1 unspecified atom stereocenters. The topological polar surface area (TPSA) is 63.6 Å². The molecule has 0 fully saturated rings. The van der Waals surface area contributed by atoms with Crippen molar-refractivity contribution in [2.24, 2.45) is 0 Å². The van der Waals surface area contributed by atoms with E-state index in [1.165, 1.54) is 89.9 Å². The molecule has 222 valence electrons. The number of carbonyl (C=O) groups excluding carboxylic acids is 1. The van der Waals surface area contributed by atoms with Crippen LogP contribution >= 0.6 is 0 Å². The fraction of sp³-hybridized carbons (Fsp3) is 0.824. The maximum absolute atomic E-state index is 12.4. The van der Waals surface area contributed by atoms with Gasteiger partial charge in [-0.25, -0.2) is 0 Å². The Morgan fingerprint density at radius 3 is 1.63 bits per heavy atom. The van der Waals surface area contributed by atoms with Gasteiger partial charge in [-0.05, 0) is 70.6 Å². The van der Waals surface area contributed by atoms with Crippen LogP contribution in [0.2, 0.25) is 0 Å². The van der Waals surface area contributed by atoms with Crippen molar-refractivity contribution in [1.82, 2.24) is 0 Å². The lowest BCUT2D eigenvalue weighted by atomic mass is 10.0. The first kappa shape index (κ1) is 36.4. The van der Waals surface area contributed by atoms with Crippen LogP contribution in [-0.4, -0.2) is 23.1 Å². The van der Waals surface area contributed by atoms with E-state index in [2.05, 4.69) is 38.2 Å². The van der Waals surface area contributed by atoms with E-state index < -0.39 is 5.97 Å². The maximum atomic E-state index is 12.4. The van der Waals surface area contributed by atoms with Gasteiger partial charge in [-0.15, -0.1) is 0 Å². The van der Waals surface area contributed by atoms with Crippen molar-refractivity contribution in [2.75, 3.05) is 0 Å². The van der Waals surface area contributed by atoms with Crippen LogP contribution in [0.15, 0.2) is 24.3 Å². The molecule has 0 amide bonds. The highest BCUT2D eigenvalue weighted by atomic mass is 16.5. The molecule has 1 atom stereocenters. The first-order chi connectivity index (χ1) is 18.6. The van der Waals surface area contributed by atoms with Crippen LogP contribution in [0.1, 0.15) is 174 Å². The van der Waals surface area contributed by atoms with E-state index >= 15 is 0 Å². The number of unbranched alkanes of at least 4 members (excludes halogenated alkanes) is 16. The average Bonchev–Trinajstić information content (AvgIpc) is 2.90. The van der Waals surface area contributed by atoms with Gasteiger partial charge in [0.15, 0.2) is 0 Å². The van der Waals surface area contributed by atoms with Crippen molar-refractivity contribution in [3.63, 3.8) is 0 Å². The third kappa shape index (κ3) is 29.0. The molecule has 0 aliphatic carbocycles. The lowest BCUT2D eigenvalue weighted by Gasteiger charge is -2.18. The fourth-order valence-electron chi connectivity index (χ4n) is 4.74. The quantitative estimate of drug-likeness (QED) is 0.0589. The molecule has 0 spiro atoms. The van der Waals surface area contributed by atoms with Gasteiger partial charge in [-0.2, -0.15) is 0 Å². The van der Waals surface area contributed by atoms with Crippen molar-refractivity contribution in [3.8, 4) is 0 Å². The second-order valence-electron chi connectivity index (χ2n) is 11.0. The van der Waals surface area contributed by atoms with E-state index in [-0.39, 0.29) is 18.5 Å². The zero-order valence-corrected chi connectivity index (χ0v) is 25.2. The molecule has 0 aliphatic heterocycles. The smallest absolute Gasteiger partial charge is 0.306 e. The van der Waals surface area contributed by atoms with Crippen LogP contribution in [0.3, 0.4) is 0 Å². The van der Waals surface area contributed by atoms with Crippen molar-refractivity contribution in [3.05, 3.63) is 24.3 Å². The van der Waals surface area contributed by atoms with Crippen molar-refractivity contribution < 1.29 is 19.4 Å². The van der Waals surface area contributed by atoms with Gasteiger partial charge in [-0.3, -0.25) is 9.59 Å². The molecule has 0 rings (SSSR count). The lowest BCUT2D eigenvalue weighted by molar-refractivity contribution is -0.150. The third-order valence-electron chi connectivity index (χ3n) is 7.18. The summed E-state index contributed by atoms with van der Waals surface area (Å²) in [6.45, 7) is 4.49. The number of carboxylic acids is 1. The maximum Gasteiger partial charge on any atom is 0.306 e. The highest BCUT2D eigenvalue weighted by Gasteiger charge is 2.14. The van der Waals surface area contributed by atoms with E-state index in [4.69, 9.17) is 9.84 Å². The molecule has 0 aromatic carbocycles. The van der Waals surface area contributed by atoms with Gasteiger partial charge in [-0.1, -0.05) is 115 Å². The van der Waals surface area contributed by atoms with Crippen molar-refractivity contribution in [1.29, 1.82) is 0 Å². The normalized spacial score (nSPS) is 12.5. The molecular formula is C34H62O4. The number of rotatable bonds is 29. The Morgan fingerprint density at radius 1 is 0.579 bits per heavy atom. The predicted octanol–water partition coefficient (Wildman–Crippen LogP) is 10.9. The van der Waals surface area contributed by atoms with Crippen LogP contribution in [-0.2, 0) is 14.3 Å². The minimum Gasteiger partial charge on any atom is -0.481 e. The van der Waals surface area contributed by atoms with E-state index in [1.807, 2.05) is 0 Å². The van der Waals surface area contributed by atoms with Crippen LogP contribution in [0.25, 0.3) is 0 Å². The number of carbonyl (C=O) groups is 2. The molecule has 38 heavy (non-hydrogen) atoms. The van der Waals surface area contributed by atoms with Crippen molar-refractivity contribution in [2.45, 2.75) is 180 Å². The second-order valence-corrected chi connectivity index (χ2v) is 11.0. The average molecular weight is 535 g/mol. The molecule has 4 nitrogen and oxygen atoms in total. The predicted molar refractivity (Wildman–Crippen MR) is 163 cm³/mol. The van der Waals surface area contributed by atoms with Gasteiger partial charge >= 0.3 is 11.9 Å². The summed E-state index contributed by atoms with van der Waals surface area (Å²) >= 11 is 0. The Morgan fingerprint density at radius 2 is 1.03 bits per heavy atom. The number of hydrogen-bond donors (Lipinski definition) is 1. The Labute approximate surface area is 236 Å². The SMILES string of the molecule is CCCCC/C=C\C/C=C\CCCCCCCC(=O)OC(CCCCCCCCCC)CCCCC(=O)O. The van der Waals surface area contributed by atoms with Gasteiger partial charge in [0.1, 0.15) is 6.10 Å². The minimum atomic E-state index is -0.747. The van der Waals surface area contributed by atoms with Gasteiger partial charge < -0.3 is 9.84 Å². The van der Waals surface area contributed by atoms with Crippen LogP contribution in [0.5, 0.6) is 0 Å². The molecule has 4 heteroatoms. The summed E-state index contributed by atoms with van der Waals surface area (Å²) < 4.78 is 5.84. The third-order valence-corrected chi connectivity index (χ3v) is 7.18. The molecule has 1 N–H and O–H groups in total. The van der Waals surface area contributed by atoms with Gasteiger partial charge in [0.25, 0.3) is 0 Å². The lowest BCUT2D eigenvalue weighted by Crippen LogP contribution is -2.18. The number of aliphatic carboxylic acids is 1. The van der Waals surface area contributed by atoms with Crippen LogP contribution in [0, 0.1) is 0 Å². The molecule has 0 aromatic rings. The van der Waals surface area contributed by atoms with Crippen LogP contribution < -0.4 is 0 Å². The number of esters is 1. The van der Waals surface area contributed by atoms with E-state index in [1.54, 1.807) is 0 Å². The summed E-state index contributed by atoms with van der Waals surface area (Å²) in [4.78, 5) is 23.2. The zero-order valence-electron chi connectivity index (χ0n) is 25.2. The van der Waals surface area contributed by atoms with Crippen molar-refractivity contribution >= 4 is 11.9 Å². The molecule has 0 saturated carbocycles. The Hall–Kier alpha value is -1.58. The summed E-state index contributed by atoms with van der Waals surface area (Å²) in [7, 11) is 0. The van der Waals surface area contributed by atoms with E-state index in [0.717, 1.165) is 51.4 Å². The Kier molecular flexibility index (Phi) is 28.7. The van der Waals surface area contributed by atoms with Gasteiger partial charge in [0.05, 0.1) is 0 Å². The highest BCUT2D eigenvalue weighted by Crippen LogP contribution is 2.18. The number of ether oxygens (including phenoxy) is 1. The van der Waals surface area contributed by atoms with E-state index in [9.17, 15) is 9.59 Å². The standard InChI is InChI=1S/C34H62O4/c1-3-5-7-9-11-13-14-15-16-17-18-19-21-23-25-31-34(37)38-32(29-26-27-30-33(35)36)28-24-22-20-12-10-8-6-4-2/h11,13,15-16,32H,3-10,12,14,17-31H2,1-2H3,(H,35,36)/b13-11-,16-15-. The Balaban J connectivity index is 3.92. The molecule has 0 saturated heterocycles. The second kappa shape index (κ2) is 30.0. The zero-order chi connectivity index (χ0) is 27.9. The summed E-state index contributed by atoms with van der Waals surface area (Å²) in [6, 6.07) is 0. The summed E-state index contributed by atoms with van der Waals surface area (Å²) in [6.07, 6.45) is 36.1. The molecular weight excluding hydrogens is 472 g/mol. The summed E-state index contributed by atoms with van der Waals surface area (Å²) in [5.74, 6) is -0.818. The number of carboxylic acid groups (broad SMARTS) is 1. The van der Waals surface area contributed by atoms with Gasteiger partial charge in [0.2, 0.25) is 0 Å². The Bertz CT molecular complexity index is 581. The van der Waals surface area contributed by atoms with Gasteiger partial charge in [0, 0.05) is 12.8 Å². The van der Waals surface area contributed by atoms with E-state index in [0.29, 0.717) is 12.8 Å². The largest absolute Gasteiger partial charge is 0.481 e. The number of hydrogen-bond acceptors (Lipinski definition) is 3. The number of allylic oxidation sites excluding steroid dienone is 4. The molecule has 0 radical (unpaired) electrons. The monoisotopic (exact) mass is 534 g/mol. The fourth-order valence-corrected chi connectivity index (χ4v) is 4.74. The minimum absolute atomic E-state index is 0.0469. The molecule has 0 heterocycles. The molecule has 0 aliphatic rings. The molecule has 0 bridgehead atoms.